The summed E-state index contributed by atoms with van der Waals surface area (Å²) >= 11 is 0. The summed E-state index contributed by atoms with van der Waals surface area (Å²) in [6.45, 7) is 13.6. The van der Waals surface area contributed by atoms with E-state index in [1.807, 2.05) is 6.07 Å². The van der Waals surface area contributed by atoms with Crippen LogP contribution in [0.5, 0.6) is 0 Å². The third kappa shape index (κ3) is 8.34. The Morgan fingerprint density at radius 2 is 1.05 bits per heavy atom. The van der Waals surface area contributed by atoms with Crippen molar-refractivity contribution in [3.05, 3.63) is 30.3 Å². The van der Waals surface area contributed by atoms with Gasteiger partial charge in [-0.05, 0) is 0 Å². The summed E-state index contributed by atoms with van der Waals surface area (Å²) < 4.78 is 12.9. The number of hydrogen-bond acceptors (Lipinski definition) is 2. The van der Waals surface area contributed by atoms with Gasteiger partial charge in [-0.2, -0.15) is 0 Å². The molecule has 0 saturated carbocycles. The van der Waals surface area contributed by atoms with Crippen LogP contribution in [0.4, 0.5) is 0 Å². The first-order valence-electron chi connectivity index (χ1n) is 6.44. The Kier molecular flexibility index (Phi) is 4.61. The summed E-state index contributed by atoms with van der Waals surface area (Å²) in [6.07, 6.45) is 0. The van der Waals surface area contributed by atoms with Gasteiger partial charge >= 0.3 is 120 Å². The Labute approximate surface area is 120 Å². The molecule has 0 atom stereocenters. The van der Waals surface area contributed by atoms with E-state index < -0.39 is 22.0 Å². The van der Waals surface area contributed by atoms with E-state index in [1.165, 1.54) is 5.30 Å². The molecule has 0 aliphatic carbocycles. The minimum atomic E-state index is -2.08. The van der Waals surface area contributed by atoms with E-state index in [2.05, 4.69) is 77.6 Å². The van der Waals surface area contributed by atoms with Crippen molar-refractivity contribution in [2.24, 2.45) is 0 Å². The Morgan fingerprint density at radius 1 is 0.684 bits per heavy atom. The summed E-state index contributed by atoms with van der Waals surface area (Å²) in [5, 5.41) is 1.17. The van der Waals surface area contributed by atoms with E-state index >= 15 is 0 Å². The van der Waals surface area contributed by atoms with Crippen LogP contribution in [-0.4, -0.2) is 53.3 Å². The fourth-order valence-corrected chi connectivity index (χ4v) is 7.56. The van der Waals surface area contributed by atoms with Crippen LogP contribution in [0.3, 0.4) is 0 Å². The molecule has 0 amide bonds. The molecule has 1 aromatic rings. The molecule has 0 heterocycles. The minimum absolute atomic E-state index is 1.01. The third-order valence-electron chi connectivity index (χ3n) is 1.77. The summed E-state index contributed by atoms with van der Waals surface area (Å²) in [7, 11) is -1.01. The number of hydrogen-bond donors (Lipinski definition) is 0. The summed E-state index contributed by atoms with van der Waals surface area (Å²) in [4.78, 5) is 0. The van der Waals surface area contributed by atoms with E-state index in [0.29, 0.717) is 0 Å². The zero-order chi connectivity index (χ0) is 15.0. The van der Waals surface area contributed by atoms with Gasteiger partial charge in [0.2, 0.25) is 0 Å². The predicted octanol–water partition coefficient (Wildman–Crippen LogP) is 4.63. The maximum atomic E-state index is 6.46. The van der Waals surface area contributed by atoms with Gasteiger partial charge in [0, 0.05) is 0 Å². The molecule has 1 aromatic carbocycles. The zero-order valence-electron chi connectivity index (χ0n) is 13.5. The van der Waals surface area contributed by atoms with Crippen molar-refractivity contribution >= 4 is 27.3 Å². The molecule has 2 nitrogen and oxygen atoms in total. The van der Waals surface area contributed by atoms with Crippen molar-refractivity contribution in [2.75, 3.05) is 53.3 Å². The first kappa shape index (κ1) is 17.5. The standard InChI is InChI=1S/C14H29O2P3/c1-18(2,3,4)15-17(16-19(5,6,7)8)14-12-10-9-11-13-14/h9-13H,1-8H3. The first-order valence-corrected chi connectivity index (χ1v) is 15.5. The average Bonchev–Trinajstić information content (AvgIpc) is 2.11. The van der Waals surface area contributed by atoms with Crippen molar-refractivity contribution in [1.82, 2.24) is 0 Å². The molecule has 0 aliphatic heterocycles. The average molecular weight is 322 g/mol. The van der Waals surface area contributed by atoms with E-state index in [4.69, 9.17) is 8.62 Å². The summed E-state index contributed by atoms with van der Waals surface area (Å²) in [6, 6.07) is 10.3. The van der Waals surface area contributed by atoms with Gasteiger partial charge in [-0.3, -0.25) is 0 Å². The second-order valence-electron chi connectivity index (χ2n) is 8.58. The van der Waals surface area contributed by atoms with Crippen molar-refractivity contribution in [3.63, 3.8) is 0 Å². The summed E-state index contributed by atoms with van der Waals surface area (Å²) in [5.74, 6) is 0. The zero-order valence-corrected chi connectivity index (χ0v) is 16.2. The van der Waals surface area contributed by atoms with Crippen molar-refractivity contribution < 1.29 is 8.62 Å². The molecule has 0 unspecified atom stereocenters. The van der Waals surface area contributed by atoms with E-state index in [1.54, 1.807) is 0 Å². The molecule has 0 fully saturated rings. The molecular weight excluding hydrogens is 293 g/mol. The van der Waals surface area contributed by atoms with E-state index in [9.17, 15) is 0 Å². The molecule has 0 bridgehead atoms. The van der Waals surface area contributed by atoms with Crippen LogP contribution in [0.25, 0.3) is 0 Å². The Hall–Kier alpha value is 0.430. The van der Waals surface area contributed by atoms with Gasteiger partial charge in [0.05, 0.1) is 0 Å². The fraction of sp³-hybridized carbons (Fsp3) is 0.571. The normalized spacial score (nSPS) is 18.9. The van der Waals surface area contributed by atoms with Crippen molar-refractivity contribution in [3.8, 4) is 0 Å². The Morgan fingerprint density at radius 3 is 1.37 bits per heavy atom. The fourth-order valence-electron chi connectivity index (χ4n) is 1.25. The SMILES string of the molecule is CP(C)(C)(C)OP(OP(C)(C)(C)C)c1ccccc1. The predicted molar refractivity (Wildman–Crippen MR) is 96.4 cm³/mol. The molecule has 112 valence electrons. The Balaban J connectivity index is 3.07. The molecule has 1 rings (SSSR count). The van der Waals surface area contributed by atoms with Gasteiger partial charge in [-0.15, -0.1) is 0 Å². The van der Waals surface area contributed by atoms with E-state index in [-0.39, 0.29) is 0 Å². The van der Waals surface area contributed by atoms with Gasteiger partial charge in [0.1, 0.15) is 0 Å². The molecule has 0 saturated heterocycles. The van der Waals surface area contributed by atoms with Gasteiger partial charge in [0.25, 0.3) is 0 Å². The Bertz CT molecular complexity index is 398. The van der Waals surface area contributed by atoms with Crippen LogP contribution >= 0.6 is 22.0 Å². The maximum absolute atomic E-state index is 6.46. The van der Waals surface area contributed by atoms with Gasteiger partial charge in [0.15, 0.2) is 0 Å². The van der Waals surface area contributed by atoms with Crippen molar-refractivity contribution in [1.29, 1.82) is 0 Å². The van der Waals surface area contributed by atoms with Crippen LogP contribution in [0, 0.1) is 0 Å². The van der Waals surface area contributed by atoms with Crippen LogP contribution in [0.2, 0.25) is 0 Å². The molecular formula is C14H29O2P3. The molecule has 19 heavy (non-hydrogen) atoms. The van der Waals surface area contributed by atoms with E-state index in [0.717, 1.165) is 0 Å². The van der Waals surface area contributed by atoms with Gasteiger partial charge < -0.3 is 0 Å². The molecule has 0 spiro atoms. The van der Waals surface area contributed by atoms with Crippen LogP contribution in [-0.2, 0) is 8.62 Å². The molecule has 0 aliphatic rings. The van der Waals surface area contributed by atoms with Crippen LogP contribution in [0.15, 0.2) is 30.3 Å². The molecule has 0 N–H and O–H groups in total. The van der Waals surface area contributed by atoms with Gasteiger partial charge in [-0.1, -0.05) is 0 Å². The summed E-state index contributed by atoms with van der Waals surface area (Å²) in [5.41, 5.74) is 0. The monoisotopic (exact) mass is 322 g/mol. The molecule has 0 radical (unpaired) electrons. The van der Waals surface area contributed by atoms with Crippen LogP contribution < -0.4 is 5.30 Å². The second-order valence-corrected chi connectivity index (χ2v) is 24.6. The second kappa shape index (κ2) is 5.01. The van der Waals surface area contributed by atoms with Crippen LogP contribution in [0.1, 0.15) is 0 Å². The number of rotatable bonds is 5. The van der Waals surface area contributed by atoms with Gasteiger partial charge in [-0.25, -0.2) is 0 Å². The molecule has 5 heteroatoms. The third-order valence-corrected chi connectivity index (χ3v) is 8.90. The first-order chi connectivity index (χ1) is 8.18. The topological polar surface area (TPSA) is 18.5 Å². The molecule has 0 aromatic heterocycles. The number of benzene rings is 1. The quantitative estimate of drug-likeness (QED) is 0.736. The van der Waals surface area contributed by atoms with Crippen molar-refractivity contribution in [2.45, 2.75) is 0 Å².